The summed E-state index contributed by atoms with van der Waals surface area (Å²) in [6.45, 7) is 0.737. The SMILES string of the molecule is Oc1nc(O)c2c(C3CCO3)cccc2n1. The maximum Gasteiger partial charge on any atom is 0.317 e. The Morgan fingerprint density at radius 1 is 1.25 bits per heavy atom. The molecule has 0 saturated carbocycles. The van der Waals surface area contributed by atoms with Gasteiger partial charge in [0.15, 0.2) is 0 Å². The van der Waals surface area contributed by atoms with Crippen molar-refractivity contribution >= 4 is 10.9 Å². The highest BCUT2D eigenvalue weighted by Crippen LogP contribution is 2.37. The smallest absolute Gasteiger partial charge is 0.317 e. The first-order valence-electron chi connectivity index (χ1n) is 5.06. The fourth-order valence-electron chi connectivity index (χ4n) is 1.93. The summed E-state index contributed by atoms with van der Waals surface area (Å²) in [5.41, 5.74) is 1.40. The molecule has 0 bridgehead atoms. The van der Waals surface area contributed by atoms with Crippen LogP contribution >= 0.6 is 0 Å². The van der Waals surface area contributed by atoms with Crippen LogP contribution in [0.3, 0.4) is 0 Å². The molecule has 1 fully saturated rings. The Morgan fingerprint density at radius 3 is 2.75 bits per heavy atom. The van der Waals surface area contributed by atoms with Crippen LogP contribution in [0.1, 0.15) is 18.1 Å². The maximum atomic E-state index is 9.73. The summed E-state index contributed by atoms with van der Waals surface area (Å²) < 4.78 is 5.38. The lowest BCUT2D eigenvalue weighted by atomic mass is 9.99. The third kappa shape index (κ3) is 1.29. The predicted octanol–water partition coefficient (Wildman–Crippen LogP) is 1.50. The summed E-state index contributed by atoms with van der Waals surface area (Å²) >= 11 is 0. The Balaban J connectivity index is 2.28. The molecular weight excluding hydrogens is 208 g/mol. The van der Waals surface area contributed by atoms with Gasteiger partial charge in [0.2, 0.25) is 5.88 Å². The molecule has 2 heterocycles. The molecule has 3 rings (SSSR count). The molecular formula is C11H10N2O3. The first kappa shape index (κ1) is 9.35. The Kier molecular flexibility index (Phi) is 1.94. The van der Waals surface area contributed by atoms with Crippen LogP contribution in [0, 0.1) is 0 Å². The van der Waals surface area contributed by atoms with Gasteiger partial charge < -0.3 is 14.9 Å². The molecule has 0 aliphatic carbocycles. The van der Waals surface area contributed by atoms with E-state index in [4.69, 9.17) is 4.74 Å². The van der Waals surface area contributed by atoms with Crippen molar-refractivity contribution in [1.82, 2.24) is 9.97 Å². The van der Waals surface area contributed by atoms with E-state index in [-0.39, 0.29) is 12.0 Å². The molecule has 1 aliphatic heterocycles. The molecule has 0 amide bonds. The molecule has 2 aromatic rings. The van der Waals surface area contributed by atoms with E-state index in [0.717, 1.165) is 18.6 Å². The van der Waals surface area contributed by atoms with Gasteiger partial charge in [0, 0.05) is 6.42 Å². The van der Waals surface area contributed by atoms with E-state index in [1.807, 2.05) is 12.1 Å². The van der Waals surface area contributed by atoms with E-state index in [1.54, 1.807) is 6.07 Å². The number of nitrogens with zero attached hydrogens (tertiary/aromatic N) is 2. The number of hydrogen-bond acceptors (Lipinski definition) is 5. The molecule has 1 aliphatic rings. The lowest BCUT2D eigenvalue weighted by Gasteiger charge is -2.27. The van der Waals surface area contributed by atoms with Gasteiger partial charge in [0.1, 0.15) is 0 Å². The molecule has 82 valence electrons. The highest BCUT2D eigenvalue weighted by molar-refractivity contribution is 5.87. The van der Waals surface area contributed by atoms with Crippen LogP contribution in [0.5, 0.6) is 11.9 Å². The monoisotopic (exact) mass is 218 g/mol. The average Bonchev–Trinajstić information content (AvgIpc) is 2.13. The zero-order chi connectivity index (χ0) is 11.1. The maximum absolute atomic E-state index is 9.73. The van der Waals surface area contributed by atoms with Crippen LogP contribution in [-0.2, 0) is 4.74 Å². The van der Waals surface area contributed by atoms with Crippen molar-refractivity contribution in [2.45, 2.75) is 12.5 Å². The first-order chi connectivity index (χ1) is 7.75. The molecule has 1 unspecified atom stereocenters. The fraction of sp³-hybridized carbons (Fsp3) is 0.273. The summed E-state index contributed by atoms with van der Waals surface area (Å²) in [6, 6.07) is 5.01. The second-order valence-electron chi connectivity index (χ2n) is 3.74. The van der Waals surface area contributed by atoms with Gasteiger partial charge >= 0.3 is 6.01 Å². The van der Waals surface area contributed by atoms with Gasteiger partial charge in [-0.3, -0.25) is 0 Å². The minimum absolute atomic E-state index is 0.00254. The van der Waals surface area contributed by atoms with E-state index in [1.165, 1.54) is 0 Å². The summed E-state index contributed by atoms with van der Waals surface area (Å²) in [4.78, 5) is 7.41. The average molecular weight is 218 g/mol. The van der Waals surface area contributed by atoms with Gasteiger partial charge in [-0.1, -0.05) is 12.1 Å². The largest absolute Gasteiger partial charge is 0.493 e. The van der Waals surface area contributed by atoms with Crippen LogP contribution in [-0.4, -0.2) is 26.8 Å². The molecule has 0 spiro atoms. The van der Waals surface area contributed by atoms with E-state index in [2.05, 4.69) is 9.97 Å². The van der Waals surface area contributed by atoms with Crippen LogP contribution in [0.4, 0.5) is 0 Å². The minimum atomic E-state index is -0.420. The van der Waals surface area contributed by atoms with Gasteiger partial charge in [0.05, 0.1) is 23.6 Å². The van der Waals surface area contributed by atoms with Gasteiger partial charge in [-0.15, -0.1) is 0 Å². The van der Waals surface area contributed by atoms with Crippen molar-refractivity contribution in [3.05, 3.63) is 23.8 Å². The van der Waals surface area contributed by atoms with E-state index < -0.39 is 6.01 Å². The molecule has 1 aromatic carbocycles. The summed E-state index contributed by atoms with van der Waals surface area (Å²) in [5.74, 6) is -0.200. The lowest BCUT2D eigenvalue weighted by Crippen LogP contribution is -2.18. The number of rotatable bonds is 1. The van der Waals surface area contributed by atoms with Crippen molar-refractivity contribution in [3.8, 4) is 11.9 Å². The molecule has 1 saturated heterocycles. The van der Waals surface area contributed by atoms with Crippen molar-refractivity contribution in [3.63, 3.8) is 0 Å². The van der Waals surface area contributed by atoms with Crippen LogP contribution in [0.25, 0.3) is 10.9 Å². The number of benzene rings is 1. The van der Waals surface area contributed by atoms with Crippen molar-refractivity contribution in [2.75, 3.05) is 6.61 Å². The van der Waals surface area contributed by atoms with E-state index in [0.29, 0.717) is 10.9 Å². The topological polar surface area (TPSA) is 75.5 Å². The summed E-state index contributed by atoms with van der Waals surface area (Å²) in [6.07, 6.45) is 0.933. The van der Waals surface area contributed by atoms with Crippen LogP contribution < -0.4 is 0 Å². The zero-order valence-electron chi connectivity index (χ0n) is 8.42. The molecule has 1 aromatic heterocycles. The third-order valence-electron chi connectivity index (χ3n) is 2.77. The Bertz CT molecular complexity index is 552. The second kappa shape index (κ2) is 3.31. The predicted molar refractivity (Wildman–Crippen MR) is 56.2 cm³/mol. The Hall–Kier alpha value is -1.88. The lowest BCUT2D eigenvalue weighted by molar-refractivity contribution is -0.0518. The molecule has 2 N–H and O–H groups in total. The van der Waals surface area contributed by atoms with Gasteiger partial charge in [0.25, 0.3) is 0 Å². The van der Waals surface area contributed by atoms with E-state index >= 15 is 0 Å². The summed E-state index contributed by atoms with van der Waals surface area (Å²) in [5, 5.41) is 19.5. The standard InChI is InChI=1S/C11H10N2O3/c14-10-9-6(8-4-5-16-8)2-1-3-7(9)12-11(15)13-10/h1-3,8H,4-5H2,(H2,12,13,14,15). The molecule has 5 heteroatoms. The number of fused-ring (bicyclic) bond motifs is 1. The van der Waals surface area contributed by atoms with Crippen molar-refractivity contribution in [1.29, 1.82) is 0 Å². The number of hydrogen-bond donors (Lipinski definition) is 2. The quantitative estimate of drug-likeness (QED) is 0.758. The minimum Gasteiger partial charge on any atom is -0.493 e. The second-order valence-corrected chi connectivity index (χ2v) is 3.74. The highest BCUT2D eigenvalue weighted by Gasteiger charge is 2.24. The Labute approximate surface area is 91.3 Å². The molecule has 0 radical (unpaired) electrons. The van der Waals surface area contributed by atoms with E-state index in [9.17, 15) is 10.2 Å². The molecule has 5 nitrogen and oxygen atoms in total. The number of aromatic nitrogens is 2. The third-order valence-corrected chi connectivity index (χ3v) is 2.77. The van der Waals surface area contributed by atoms with Crippen molar-refractivity contribution < 1.29 is 14.9 Å². The first-order valence-corrected chi connectivity index (χ1v) is 5.06. The fourth-order valence-corrected chi connectivity index (χ4v) is 1.93. The van der Waals surface area contributed by atoms with Gasteiger partial charge in [-0.05, 0) is 11.6 Å². The van der Waals surface area contributed by atoms with Crippen molar-refractivity contribution in [2.24, 2.45) is 0 Å². The molecule has 16 heavy (non-hydrogen) atoms. The summed E-state index contributed by atoms with van der Waals surface area (Å²) in [7, 11) is 0. The number of ether oxygens (including phenoxy) is 1. The van der Waals surface area contributed by atoms with Gasteiger partial charge in [-0.25, -0.2) is 0 Å². The zero-order valence-corrected chi connectivity index (χ0v) is 8.42. The van der Waals surface area contributed by atoms with Crippen LogP contribution in [0.2, 0.25) is 0 Å². The van der Waals surface area contributed by atoms with Gasteiger partial charge in [-0.2, -0.15) is 9.97 Å². The number of aromatic hydroxyl groups is 2. The Morgan fingerprint density at radius 2 is 2.06 bits per heavy atom. The van der Waals surface area contributed by atoms with Crippen LogP contribution in [0.15, 0.2) is 18.2 Å². The molecule has 1 atom stereocenters. The highest BCUT2D eigenvalue weighted by atomic mass is 16.5. The normalized spacial score (nSPS) is 19.6.